The first-order chi connectivity index (χ1) is 6.86. The molecule has 2 aromatic rings. The number of hydrogen-bond donors (Lipinski definition) is 0. The Morgan fingerprint density at radius 3 is 3.14 bits per heavy atom. The molecule has 0 fully saturated rings. The van der Waals surface area contributed by atoms with E-state index in [4.69, 9.17) is 4.52 Å². The van der Waals surface area contributed by atoms with E-state index in [1.165, 1.54) is 11.1 Å². The van der Waals surface area contributed by atoms with Gasteiger partial charge in [0.2, 0.25) is 0 Å². The van der Waals surface area contributed by atoms with Crippen LogP contribution in [0.4, 0.5) is 0 Å². The van der Waals surface area contributed by atoms with E-state index in [9.17, 15) is 0 Å². The number of halogens is 1. The Balaban J connectivity index is 2.34. The van der Waals surface area contributed by atoms with Crippen molar-refractivity contribution in [2.75, 3.05) is 0 Å². The van der Waals surface area contributed by atoms with E-state index in [1.807, 2.05) is 0 Å². The molecule has 0 spiro atoms. The van der Waals surface area contributed by atoms with Crippen molar-refractivity contribution in [1.29, 1.82) is 0 Å². The zero-order valence-electron chi connectivity index (χ0n) is 7.46. The van der Waals surface area contributed by atoms with Crippen LogP contribution in [0.5, 0.6) is 0 Å². The summed E-state index contributed by atoms with van der Waals surface area (Å²) in [5.41, 5.74) is 3.75. The quantitative estimate of drug-likeness (QED) is 0.717. The molecular formula is C11H8BrNO. The maximum absolute atomic E-state index is 5.20. The molecule has 14 heavy (non-hydrogen) atoms. The number of benzene rings is 1. The lowest BCUT2D eigenvalue weighted by molar-refractivity contribution is 0.383. The van der Waals surface area contributed by atoms with Gasteiger partial charge in [0.05, 0.1) is 6.20 Å². The minimum Gasteiger partial charge on any atom is -0.361 e. The number of rotatable bonds is 0. The van der Waals surface area contributed by atoms with E-state index >= 15 is 0 Å². The molecular weight excluding hydrogens is 242 g/mol. The summed E-state index contributed by atoms with van der Waals surface area (Å²) in [5, 5.41) is 3.85. The fraction of sp³-hybridized carbons (Fsp3) is 0.182. The molecule has 0 aliphatic heterocycles. The SMILES string of the molecule is Brc1cccc2c1-c1cnoc1CC2. The lowest BCUT2D eigenvalue weighted by atomic mass is 9.91. The predicted octanol–water partition coefficient (Wildman–Crippen LogP) is 3.20. The van der Waals surface area contributed by atoms with Gasteiger partial charge in [-0.05, 0) is 18.1 Å². The minimum absolute atomic E-state index is 0.957. The molecule has 0 amide bonds. The van der Waals surface area contributed by atoms with Crippen LogP contribution in [0.2, 0.25) is 0 Å². The average Bonchev–Trinajstić information content (AvgIpc) is 2.65. The first kappa shape index (κ1) is 8.24. The standard InChI is InChI=1S/C11H8BrNO/c12-9-3-1-2-7-4-5-10-8(11(7)9)6-13-14-10/h1-3,6H,4-5H2. The van der Waals surface area contributed by atoms with Crippen LogP contribution >= 0.6 is 15.9 Å². The molecule has 0 radical (unpaired) electrons. The summed E-state index contributed by atoms with van der Waals surface area (Å²) in [6.45, 7) is 0. The van der Waals surface area contributed by atoms with Crippen LogP contribution in [0, 0.1) is 0 Å². The maximum Gasteiger partial charge on any atom is 0.144 e. The van der Waals surface area contributed by atoms with Crippen LogP contribution in [-0.4, -0.2) is 5.16 Å². The van der Waals surface area contributed by atoms with Gasteiger partial charge in [0.1, 0.15) is 5.76 Å². The predicted molar refractivity (Wildman–Crippen MR) is 57.0 cm³/mol. The largest absolute Gasteiger partial charge is 0.361 e. The van der Waals surface area contributed by atoms with Gasteiger partial charge < -0.3 is 4.52 Å². The third-order valence-electron chi connectivity index (χ3n) is 2.64. The smallest absolute Gasteiger partial charge is 0.144 e. The number of aryl methyl sites for hydroxylation is 2. The zero-order chi connectivity index (χ0) is 9.54. The fourth-order valence-corrected chi connectivity index (χ4v) is 2.60. The number of aromatic nitrogens is 1. The van der Waals surface area contributed by atoms with Crippen molar-refractivity contribution >= 4 is 15.9 Å². The molecule has 1 aromatic carbocycles. The molecule has 0 bridgehead atoms. The Morgan fingerprint density at radius 1 is 1.29 bits per heavy atom. The first-order valence-electron chi connectivity index (χ1n) is 4.57. The second kappa shape index (κ2) is 2.95. The number of hydrogen-bond acceptors (Lipinski definition) is 2. The summed E-state index contributed by atoms with van der Waals surface area (Å²) in [6.07, 6.45) is 3.80. The average molecular weight is 250 g/mol. The lowest BCUT2D eigenvalue weighted by Crippen LogP contribution is -2.01. The van der Waals surface area contributed by atoms with Gasteiger partial charge >= 0.3 is 0 Å². The Morgan fingerprint density at radius 2 is 2.21 bits per heavy atom. The van der Waals surface area contributed by atoms with Crippen LogP contribution in [0.1, 0.15) is 11.3 Å². The molecule has 1 aliphatic rings. The molecule has 0 saturated heterocycles. The lowest BCUT2D eigenvalue weighted by Gasteiger charge is -2.15. The molecule has 3 rings (SSSR count). The fourth-order valence-electron chi connectivity index (χ4n) is 1.98. The molecule has 0 unspecified atom stereocenters. The highest BCUT2D eigenvalue weighted by molar-refractivity contribution is 9.10. The van der Waals surface area contributed by atoms with Gasteiger partial charge in [-0.1, -0.05) is 33.2 Å². The van der Waals surface area contributed by atoms with Crippen LogP contribution in [-0.2, 0) is 12.8 Å². The molecule has 0 atom stereocenters. The minimum atomic E-state index is 0.957. The zero-order valence-corrected chi connectivity index (χ0v) is 9.04. The topological polar surface area (TPSA) is 26.0 Å². The van der Waals surface area contributed by atoms with Gasteiger partial charge in [-0.25, -0.2) is 0 Å². The van der Waals surface area contributed by atoms with Crippen LogP contribution in [0.3, 0.4) is 0 Å². The van der Waals surface area contributed by atoms with Crippen LogP contribution < -0.4 is 0 Å². The van der Waals surface area contributed by atoms with Gasteiger partial charge in [0, 0.05) is 22.0 Å². The molecule has 3 heteroatoms. The highest BCUT2D eigenvalue weighted by Gasteiger charge is 2.21. The monoisotopic (exact) mass is 249 g/mol. The highest BCUT2D eigenvalue weighted by Crippen LogP contribution is 2.38. The summed E-state index contributed by atoms with van der Waals surface area (Å²) in [7, 11) is 0. The van der Waals surface area contributed by atoms with Crippen molar-refractivity contribution in [1.82, 2.24) is 5.16 Å². The van der Waals surface area contributed by atoms with E-state index in [0.29, 0.717) is 0 Å². The molecule has 2 nitrogen and oxygen atoms in total. The molecule has 1 aliphatic carbocycles. The van der Waals surface area contributed by atoms with E-state index in [-0.39, 0.29) is 0 Å². The summed E-state index contributed by atoms with van der Waals surface area (Å²) in [4.78, 5) is 0. The first-order valence-corrected chi connectivity index (χ1v) is 5.37. The summed E-state index contributed by atoms with van der Waals surface area (Å²) < 4.78 is 6.32. The van der Waals surface area contributed by atoms with Crippen molar-refractivity contribution in [2.24, 2.45) is 0 Å². The van der Waals surface area contributed by atoms with Crippen LogP contribution in [0.25, 0.3) is 11.1 Å². The summed E-state index contributed by atoms with van der Waals surface area (Å²) in [6, 6.07) is 6.29. The molecule has 1 aromatic heterocycles. The molecule has 70 valence electrons. The normalized spacial score (nSPS) is 13.5. The third kappa shape index (κ3) is 1.05. The van der Waals surface area contributed by atoms with Crippen LogP contribution in [0.15, 0.2) is 33.4 Å². The van der Waals surface area contributed by atoms with Crippen molar-refractivity contribution in [3.63, 3.8) is 0 Å². The Labute approximate surface area is 90.0 Å². The Hall–Kier alpha value is -1.09. The summed E-state index contributed by atoms with van der Waals surface area (Å²) in [5.74, 6) is 1.00. The van der Waals surface area contributed by atoms with E-state index in [2.05, 4.69) is 39.3 Å². The Kier molecular flexibility index (Phi) is 1.74. The second-order valence-corrected chi connectivity index (χ2v) is 4.29. The Bertz CT molecular complexity index is 490. The molecule has 1 heterocycles. The van der Waals surface area contributed by atoms with E-state index in [0.717, 1.165) is 28.6 Å². The molecule has 0 N–H and O–H groups in total. The number of fused-ring (bicyclic) bond motifs is 3. The van der Waals surface area contributed by atoms with E-state index < -0.39 is 0 Å². The van der Waals surface area contributed by atoms with Gasteiger partial charge in [-0.3, -0.25) is 0 Å². The van der Waals surface area contributed by atoms with Crippen molar-refractivity contribution in [3.8, 4) is 11.1 Å². The second-order valence-electron chi connectivity index (χ2n) is 3.44. The van der Waals surface area contributed by atoms with Crippen molar-refractivity contribution in [2.45, 2.75) is 12.8 Å². The van der Waals surface area contributed by atoms with Gasteiger partial charge in [0.15, 0.2) is 0 Å². The van der Waals surface area contributed by atoms with Gasteiger partial charge in [-0.15, -0.1) is 0 Å². The highest BCUT2D eigenvalue weighted by atomic mass is 79.9. The van der Waals surface area contributed by atoms with Gasteiger partial charge in [0.25, 0.3) is 0 Å². The van der Waals surface area contributed by atoms with Crippen molar-refractivity contribution in [3.05, 3.63) is 40.2 Å². The summed E-state index contributed by atoms with van der Waals surface area (Å²) >= 11 is 3.57. The molecule has 0 saturated carbocycles. The van der Waals surface area contributed by atoms with Crippen molar-refractivity contribution < 1.29 is 4.52 Å². The van der Waals surface area contributed by atoms with E-state index in [1.54, 1.807) is 6.20 Å². The number of nitrogens with zero attached hydrogens (tertiary/aromatic N) is 1. The van der Waals surface area contributed by atoms with Gasteiger partial charge in [-0.2, -0.15) is 0 Å². The maximum atomic E-state index is 5.20. The third-order valence-corrected chi connectivity index (χ3v) is 3.30.